The van der Waals surface area contributed by atoms with E-state index < -0.39 is 0 Å². The second-order valence-corrected chi connectivity index (χ2v) is 7.88. The van der Waals surface area contributed by atoms with Gasteiger partial charge >= 0.3 is 0 Å². The summed E-state index contributed by atoms with van der Waals surface area (Å²) in [6.07, 6.45) is 2.89. The van der Waals surface area contributed by atoms with E-state index in [2.05, 4.69) is 27.6 Å². The quantitative estimate of drug-likeness (QED) is 0.445. The predicted molar refractivity (Wildman–Crippen MR) is 132 cm³/mol. The Morgan fingerprint density at radius 2 is 1.76 bits per heavy atom. The highest BCUT2D eigenvalue weighted by Gasteiger charge is 2.09. The normalized spacial score (nSPS) is 13.5. The average Bonchev–Trinajstić information content (AvgIpc) is 2.81. The monoisotopic (exact) mass is 457 g/mol. The predicted octanol–water partition coefficient (Wildman–Crippen LogP) is 4.62. The second-order valence-electron chi connectivity index (χ2n) is 7.88. The van der Waals surface area contributed by atoms with Crippen molar-refractivity contribution in [3.05, 3.63) is 65.6 Å². The van der Waals surface area contributed by atoms with E-state index in [-0.39, 0.29) is 5.82 Å². The molecule has 0 bridgehead atoms. The zero-order chi connectivity index (χ0) is 24.1. The number of nitrogens with zero attached hydrogens (tertiary/aromatic N) is 2. The third-order valence-electron chi connectivity index (χ3n) is 5.12. The minimum atomic E-state index is -0.241. The van der Waals surface area contributed by atoms with Gasteiger partial charge in [0.05, 0.1) is 25.3 Å². The molecule has 1 saturated heterocycles. The van der Waals surface area contributed by atoms with Crippen LogP contribution in [0.1, 0.15) is 17.5 Å². The minimum Gasteiger partial charge on any atom is -0.493 e. The molecule has 7 heteroatoms. The number of aryl methyl sites for hydroxylation is 2. The molecule has 0 saturated carbocycles. The van der Waals surface area contributed by atoms with E-state index in [1.807, 2.05) is 24.4 Å². The fraction of sp³-hybridized carbons (Fsp3) is 0.423. The number of hydrogen-bond donors (Lipinski definition) is 1. The van der Waals surface area contributed by atoms with Crippen molar-refractivity contribution in [1.82, 2.24) is 9.88 Å². The summed E-state index contributed by atoms with van der Waals surface area (Å²) in [5.41, 5.74) is 8.64. The van der Waals surface area contributed by atoms with Crippen LogP contribution in [0.4, 0.5) is 10.1 Å². The van der Waals surface area contributed by atoms with Crippen LogP contribution in [0.3, 0.4) is 0 Å². The number of aromatic nitrogens is 1. The Labute approximate surface area is 196 Å². The molecule has 0 amide bonds. The van der Waals surface area contributed by atoms with Crippen molar-refractivity contribution < 1.29 is 18.6 Å². The molecule has 1 aliphatic heterocycles. The molecule has 0 aliphatic carbocycles. The number of fused-ring (bicyclic) bond motifs is 1. The molecule has 180 valence electrons. The number of benzene rings is 2. The highest BCUT2D eigenvalue weighted by Crippen LogP contribution is 2.21. The smallest absolute Gasteiger partial charge is 0.128 e. The Kier molecular flexibility index (Phi) is 11.6. The topological polar surface area (TPSA) is 69.8 Å². The van der Waals surface area contributed by atoms with Crippen molar-refractivity contribution in [2.45, 2.75) is 20.3 Å². The van der Waals surface area contributed by atoms with Crippen LogP contribution in [0.25, 0.3) is 10.9 Å². The van der Waals surface area contributed by atoms with Crippen LogP contribution in [-0.4, -0.2) is 63.6 Å². The SMILES string of the molecule is COC.Cc1ccc(N)cc1F.Cc1ccnc2cc(OCCCN3CCOCC3)ccc12. The Bertz CT molecular complexity index is 978. The number of hydrogen-bond acceptors (Lipinski definition) is 6. The summed E-state index contributed by atoms with van der Waals surface area (Å²) in [7, 11) is 3.25. The van der Waals surface area contributed by atoms with E-state index in [0.717, 1.165) is 57.1 Å². The molecule has 33 heavy (non-hydrogen) atoms. The summed E-state index contributed by atoms with van der Waals surface area (Å²) >= 11 is 0. The number of rotatable bonds is 5. The van der Waals surface area contributed by atoms with Gasteiger partial charge in [0.25, 0.3) is 0 Å². The van der Waals surface area contributed by atoms with Crippen LogP contribution < -0.4 is 10.5 Å². The Morgan fingerprint density at radius 3 is 2.42 bits per heavy atom. The molecule has 4 rings (SSSR count). The van der Waals surface area contributed by atoms with Crippen molar-refractivity contribution in [2.75, 3.05) is 59.4 Å². The van der Waals surface area contributed by atoms with Crippen molar-refractivity contribution in [3.8, 4) is 5.75 Å². The van der Waals surface area contributed by atoms with Gasteiger partial charge in [-0.1, -0.05) is 6.07 Å². The first-order chi connectivity index (χ1) is 15.9. The van der Waals surface area contributed by atoms with E-state index in [4.69, 9.17) is 15.2 Å². The lowest BCUT2D eigenvalue weighted by molar-refractivity contribution is 0.0358. The lowest BCUT2D eigenvalue weighted by atomic mass is 10.1. The Balaban J connectivity index is 0.000000267. The lowest BCUT2D eigenvalue weighted by Crippen LogP contribution is -2.37. The zero-order valence-electron chi connectivity index (χ0n) is 20.1. The number of pyridine rings is 1. The number of anilines is 1. The largest absolute Gasteiger partial charge is 0.493 e. The van der Waals surface area contributed by atoms with Crippen molar-refractivity contribution in [3.63, 3.8) is 0 Å². The van der Waals surface area contributed by atoms with Gasteiger partial charge in [-0.05, 0) is 61.7 Å². The third-order valence-corrected chi connectivity index (χ3v) is 5.12. The molecule has 1 aliphatic rings. The van der Waals surface area contributed by atoms with Crippen LogP contribution in [0.15, 0.2) is 48.7 Å². The number of nitrogens with two attached hydrogens (primary N) is 1. The van der Waals surface area contributed by atoms with E-state index in [1.165, 1.54) is 17.0 Å². The van der Waals surface area contributed by atoms with Gasteiger partial charge in [0.1, 0.15) is 11.6 Å². The maximum absolute atomic E-state index is 12.5. The van der Waals surface area contributed by atoms with Crippen LogP contribution in [0.5, 0.6) is 5.75 Å². The van der Waals surface area contributed by atoms with Gasteiger partial charge in [0.15, 0.2) is 0 Å². The molecule has 2 aromatic carbocycles. The summed E-state index contributed by atoms with van der Waals surface area (Å²) in [6, 6.07) is 12.8. The van der Waals surface area contributed by atoms with E-state index >= 15 is 0 Å². The molecule has 0 spiro atoms. The highest BCUT2D eigenvalue weighted by molar-refractivity contribution is 5.82. The van der Waals surface area contributed by atoms with Crippen LogP contribution in [0.2, 0.25) is 0 Å². The molecule has 1 aromatic heterocycles. The molecule has 0 atom stereocenters. The van der Waals surface area contributed by atoms with Gasteiger partial charge in [-0.2, -0.15) is 0 Å². The van der Waals surface area contributed by atoms with Gasteiger partial charge in [0.2, 0.25) is 0 Å². The Hall–Kier alpha value is -2.74. The maximum atomic E-state index is 12.5. The number of ether oxygens (including phenoxy) is 3. The standard InChI is InChI=1S/C17H22N2O2.C7H8FN.C2H6O/c1-14-5-6-18-17-13-15(3-4-16(14)17)21-10-2-7-19-8-11-20-12-9-19;1-5-2-3-6(9)4-7(5)8;1-3-2/h3-6,13H,2,7-12H2,1H3;2-4H,9H2,1H3;1-2H3. The summed E-state index contributed by atoms with van der Waals surface area (Å²) in [5.74, 6) is 0.664. The summed E-state index contributed by atoms with van der Waals surface area (Å²) in [5, 5.41) is 1.19. The number of halogens is 1. The lowest BCUT2D eigenvalue weighted by Gasteiger charge is -2.26. The molecular weight excluding hydrogens is 421 g/mol. The van der Waals surface area contributed by atoms with E-state index in [0.29, 0.717) is 11.3 Å². The van der Waals surface area contributed by atoms with Crippen molar-refractivity contribution in [1.29, 1.82) is 0 Å². The first-order valence-electron chi connectivity index (χ1n) is 11.1. The molecule has 2 heterocycles. The molecule has 2 N–H and O–H groups in total. The maximum Gasteiger partial charge on any atom is 0.128 e. The van der Waals surface area contributed by atoms with Crippen LogP contribution in [0, 0.1) is 19.7 Å². The third kappa shape index (κ3) is 9.34. The molecular formula is C26H36FN3O3. The van der Waals surface area contributed by atoms with Gasteiger partial charge < -0.3 is 19.9 Å². The number of morpholine rings is 1. The first kappa shape index (κ1) is 26.5. The second kappa shape index (κ2) is 14.4. The van der Waals surface area contributed by atoms with Gasteiger partial charge in [0, 0.05) is 57.2 Å². The minimum absolute atomic E-state index is 0.241. The van der Waals surface area contributed by atoms with Gasteiger partial charge in [-0.25, -0.2) is 4.39 Å². The van der Waals surface area contributed by atoms with Crippen molar-refractivity contribution >= 4 is 16.6 Å². The van der Waals surface area contributed by atoms with Gasteiger partial charge in [-0.15, -0.1) is 0 Å². The summed E-state index contributed by atoms with van der Waals surface area (Å²) in [4.78, 5) is 6.83. The number of nitrogen functional groups attached to an aromatic ring is 1. The average molecular weight is 458 g/mol. The molecule has 3 aromatic rings. The van der Waals surface area contributed by atoms with E-state index in [1.54, 1.807) is 33.3 Å². The van der Waals surface area contributed by atoms with Gasteiger partial charge in [-0.3, -0.25) is 9.88 Å². The van der Waals surface area contributed by atoms with E-state index in [9.17, 15) is 4.39 Å². The Morgan fingerprint density at radius 1 is 1.03 bits per heavy atom. The first-order valence-corrected chi connectivity index (χ1v) is 11.1. The summed E-state index contributed by atoms with van der Waals surface area (Å²) < 4.78 is 27.9. The fourth-order valence-corrected chi connectivity index (χ4v) is 3.27. The molecule has 0 unspecified atom stereocenters. The fourth-order valence-electron chi connectivity index (χ4n) is 3.27. The van der Waals surface area contributed by atoms with Crippen LogP contribution >= 0.6 is 0 Å². The van der Waals surface area contributed by atoms with Crippen molar-refractivity contribution in [2.24, 2.45) is 0 Å². The zero-order valence-corrected chi connectivity index (χ0v) is 20.1. The number of methoxy groups -OCH3 is 1. The molecule has 1 fully saturated rings. The highest BCUT2D eigenvalue weighted by atomic mass is 19.1. The molecule has 0 radical (unpaired) electrons. The summed E-state index contributed by atoms with van der Waals surface area (Å²) in [6.45, 7) is 9.43. The molecule has 6 nitrogen and oxygen atoms in total. The van der Waals surface area contributed by atoms with Crippen LogP contribution in [-0.2, 0) is 9.47 Å².